The maximum absolute atomic E-state index is 2.61. The van der Waals surface area contributed by atoms with E-state index in [2.05, 4.69) is 93.6 Å². The van der Waals surface area contributed by atoms with Crippen molar-refractivity contribution in [3.8, 4) is 0 Å². The van der Waals surface area contributed by atoms with E-state index < -0.39 is 0 Å². The fraction of sp³-hybridized carbons (Fsp3) is 0.471. The molecule has 2 unspecified atom stereocenters. The van der Waals surface area contributed by atoms with Crippen LogP contribution < -0.4 is 5.30 Å². The second-order valence-electron chi connectivity index (χ2n) is 10.3. The van der Waals surface area contributed by atoms with Crippen LogP contribution in [0.1, 0.15) is 111 Å². The van der Waals surface area contributed by atoms with Crippen LogP contribution in [-0.4, -0.2) is 0 Å². The molecule has 1 aliphatic heterocycles. The summed E-state index contributed by atoms with van der Waals surface area (Å²) in [6.07, 6.45) is 14.1. The van der Waals surface area contributed by atoms with Gasteiger partial charge < -0.3 is 0 Å². The van der Waals surface area contributed by atoms with Crippen LogP contribution in [0.15, 0.2) is 72.8 Å². The van der Waals surface area contributed by atoms with Crippen LogP contribution in [0.3, 0.4) is 0 Å². The predicted molar refractivity (Wildman–Crippen MR) is 156 cm³/mol. The van der Waals surface area contributed by atoms with Crippen LogP contribution in [-0.2, 0) is 19.3 Å². The lowest BCUT2D eigenvalue weighted by Crippen LogP contribution is -2.18. The van der Waals surface area contributed by atoms with Crippen LogP contribution in [0, 0.1) is 0 Å². The fourth-order valence-corrected chi connectivity index (χ4v) is 9.77. The monoisotopic (exact) mass is 484 g/mol. The van der Waals surface area contributed by atoms with Crippen molar-refractivity contribution in [2.24, 2.45) is 0 Å². The molecule has 0 nitrogen and oxygen atoms in total. The van der Waals surface area contributed by atoms with Crippen molar-refractivity contribution < 1.29 is 0 Å². The molecule has 2 atom stereocenters. The average molecular weight is 485 g/mol. The molecule has 0 N–H and O–H groups in total. The molecule has 1 aliphatic rings. The van der Waals surface area contributed by atoms with Gasteiger partial charge in [0.1, 0.15) is 0 Å². The van der Waals surface area contributed by atoms with Crippen molar-refractivity contribution in [3.05, 3.63) is 101 Å². The van der Waals surface area contributed by atoms with E-state index in [0.717, 1.165) is 0 Å². The number of rotatable bonds is 12. The highest BCUT2D eigenvalue weighted by atomic mass is 31.1. The summed E-state index contributed by atoms with van der Waals surface area (Å²) in [5, 5.41) is 1.74. The lowest BCUT2D eigenvalue weighted by atomic mass is 9.91. The molecule has 3 aromatic carbocycles. The SMILES string of the molecule is CCCCc1ccc(P2C(c3ccccc3)CCC2c2ccccc2)c(CCCC)c1CCCC. The highest BCUT2D eigenvalue weighted by Gasteiger charge is 2.39. The second kappa shape index (κ2) is 13.4. The molecule has 35 heavy (non-hydrogen) atoms. The Bertz CT molecular complexity index is 976. The second-order valence-corrected chi connectivity index (χ2v) is 12.9. The largest absolute Gasteiger partial charge is 0.0654 e. The zero-order valence-corrected chi connectivity index (χ0v) is 23.2. The molecular formula is C34H45P. The van der Waals surface area contributed by atoms with Gasteiger partial charge in [-0.3, -0.25) is 0 Å². The molecule has 0 aromatic heterocycles. The molecule has 0 radical (unpaired) electrons. The van der Waals surface area contributed by atoms with Crippen molar-refractivity contribution in [1.29, 1.82) is 0 Å². The van der Waals surface area contributed by atoms with Gasteiger partial charge in [0.2, 0.25) is 0 Å². The van der Waals surface area contributed by atoms with E-state index >= 15 is 0 Å². The number of hydrogen-bond acceptors (Lipinski definition) is 0. The molecule has 0 spiro atoms. The third-order valence-corrected chi connectivity index (χ3v) is 11.3. The number of hydrogen-bond donors (Lipinski definition) is 0. The number of aryl methyl sites for hydroxylation is 1. The van der Waals surface area contributed by atoms with Gasteiger partial charge in [0.15, 0.2) is 0 Å². The first kappa shape index (κ1) is 26.2. The van der Waals surface area contributed by atoms with Gasteiger partial charge in [0.25, 0.3) is 0 Å². The van der Waals surface area contributed by atoms with E-state index in [1.165, 1.54) is 70.6 Å². The number of benzene rings is 3. The quantitative estimate of drug-likeness (QED) is 0.224. The van der Waals surface area contributed by atoms with Gasteiger partial charge in [-0.25, -0.2) is 0 Å². The van der Waals surface area contributed by atoms with E-state index in [4.69, 9.17) is 0 Å². The van der Waals surface area contributed by atoms with Crippen molar-refractivity contribution in [2.75, 3.05) is 0 Å². The fourth-order valence-electron chi connectivity index (χ4n) is 6.02. The summed E-state index contributed by atoms with van der Waals surface area (Å²) in [5.74, 6) is 0. The van der Waals surface area contributed by atoms with Gasteiger partial charge in [0.05, 0.1) is 0 Å². The number of unbranched alkanes of at least 4 members (excludes halogenated alkanes) is 3. The van der Waals surface area contributed by atoms with E-state index in [9.17, 15) is 0 Å². The first-order chi connectivity index (χ1) is 17.3. The zero-order valence-electron chi connectivity index (χ0n) is 22.3. The Kier molecular flexibility index (Phi) is 10.0. The molecule has 0 aliphatic carbocycles. The molecule has 1 heterocycles. The summed E-state index contributed by atoms with van der Waals surface area (Å²) in [5.41, 5.74) is 9.59. The molecule has 0 saturated carbocycles. The van der Waals surface area contributed by atoms with Gasteiger partial charge in [-0.05, 0) is 84.5 Å². The van der Waals surface area contributed by atoms with E-state index in [0.29, 0.717) is 11.3 Å². The summed E-state index contributed by atoms with van der Waals surface area (Å²) < 4.78 is 0. The third-order valence-electron chi connectivity index (χ3n) is 7.90. The minimum atomic E-state index is -0.313. The lowest BCUT2D eigenvalue weighted by molar-refractivity contribution is 0.737. The summed E-state index contributed by atoms with van der Waals surface area (Å²) in [6, 6.07) is 28.1. The Balaban J connectivity index is 1.86. The Morgan fingerprint density at radius 2 is 1.06 bits per heavy atom. The minimum absolute atomic E-state index is 0.313. The van der Waals surface area contributed by atoms with Crippen molar-refractivity contribution >= 4 is 13.2 Å². The van der Waals surface area contributed by atoms with Gasteiger partial charge in [0, 0.05) is 11.3 Å². The molecular weight excluding hydrogens is 439 g/mol. The van der Waals surface area contributed by atoms with E-state index in [-0.39, 0.29) is 7.92 Å². The van der Waals surface area contributed by atoms with Gasteiger partial charge >= 0.3 is 0 Å². The third kappa shape index (κ3) is 6.27. The molecule has 4 rings (SSSR count). The molecule has 186 valence electrons. The average Bonchev–Trinajstić information content (AvgIpc) is 3.35. The van der Waals surface area contributed by atoms with Crippen LogP contribution in [0.4, 0.5) is 0 Å². The van der Waals surface area contributed by atoms with Crippen LogP contribution in [0.2, 0.25) is 0 Å². The molecule has 1 fully saturated rings. The highest BCUT2D eigenvalue weighted by molar-refractivity contribution is 7.66. The Hall–Kier alpha value is -1.91. The van der Waals surface area contributed by atoms with Crippen LogP contribution >= 0.6 is 7.92 Å². The Labute approximate surface area is 216 Å². The highest BCUT2D eigenvalue weighted by Crippen LogP contribution is 2.69. The zero-order chi connectivity index (χ0) is 24.5. The molecule has 1 heteroatoms. The van der Waals surface area contributed by atoms with Gasteiger partial charge in [-0.2, -0.15) is 0 Å². The maximum atomic E-state index is 2.61. The predicted octanol–water partition coefficient (Wildman–Crippen LogP) is 10.1. The Morgan fingerprint density at radius 1 is 0.571 bits per heavy atom. The molecule has 0 bridgehead atoms. The molecule has 0 amide bonds. The van der Waals surface area contributed by atoms with E-state index in [1.54, 1.807) is 33.1 Å². The first-order valence-electron chi connectivity index (χ1n) is 14.3. The van der Waals surface area contributed by atoms with Crippen LogP contribution in [0.25, 0.3) is 0 Å². The lowest BCUT2D eigenvalue weighted by Gasteiger charge is -2.31. The summed E-state index contributed by atoms with van der Waals surface area (Å²) in [4.78, 5) is 0. The molecule has 3 aromatic rings. The first-order valence-corrected chi connectivity index (χ1v) is 15.8. The van der Waals surface area contributed by atoms with Crippen molar-refractivity contribution in [1.82, 2.24) is 0 Å². The smallest absolute Gasteiger partial charge is 0.00878 e. The normalized spacial score (nSPS) is 19.8. The van der Waals surface area contributed by atoms with Crippen molar-refractivity contribution in [3.63, 3.8) is 0 Å². The van der Waals surface area contributed by atoms with Gasteiger partial charge in [-0.1, -0.05) is 121 Å². The van der Waals surface area contributed by atoms with Crippen molar-refractivity contribution in [2.45, 2.75) is 103 Å². The van der Waals surface area contributed by atoms with E-state index in [1.807, 2.05) is 0 Å². The Morgan fingerprint density at radius 3 is 1.57 bits per heavy atom. The standard InChI is InChI=1S/C34H45P/c1-4-7-16-27-23-24-34(31(22-9-6-3)30(27)21-8-5-2)35-32(28-17-12-10-13-18-28)25-26-33(35)29-19-14-11-15-20-29/h10-15,17-20,23-24,32-33H,4-9,16,21-22,25-26H2,1-3H3. The van der Waals surface area contributed by atoms with Gasteiger partial charge in [-0.15, -0.1) is 0 Å². The molecule has 1 saturated heterocycles. The topological polar surface area (TPSA) is 0 Å². The van der Waals surface area contributed by atoms with Crippen LogP contribution in [0.5, 0.6) is 0 Å². The maximum Gasteiger partial charge on any atom is 0.00878 e. The summed E-state index contributed by atoms with van der Waals surface area (Å²) in [7, 11) is -0.313. The summed E-state index contributed by atoms with van der Waals surface area (Å²) >= 11 is 0. The minimum Gasteiger partial charge on any atom is -0.0654 e. The summed E-state index contributed by atoms with van der Waals surface area (Å²) in [6.45, 7) is 7.03.